The molecule has 4 aliphatic rings. The van der Waals surface area contributed by atoms with Crippen LogP contribution in [0.2, 0.25) is 0 Å². The van der Waals surface area contributed by atoms with E-state index < -0.39 is 0 Å². The van der Waals surface area contributed by atoms with Crippen LogP contribution < -0.4 is 38.1 Å². The fourth-order valence-corrected chi connectivity index (χ4v) is 6.96. The van der Waals surface area contributed by atoms with Gasteiger partial charge in [0, 0.05) is 56.4 Å². The van der Waals surface area contributed by atoms with Crippen LogP contribution in [0.1, 0.15) is 52.9 Å². The standard InChI is InChI=1S/C23H42N10/c1-22(2)13-4-5-23(22,3)18(6-13)28-19-29-20(32-9-14(24)7-15(25)10-32)31-21(30-19)33-11-16(26)8-17(27)12-33/h13-18H,4-12,24-27H2,1-3H3,(H,28,29,30,31). The molecule has 5 rings (SSSR count). The fourth-order valence-electron chi connectivity index (χ4n) is 6.96. The molecule has 33 heavy (non-hydrogen) atoms. The lowest BCUT2D eigenvalue weighted by Crippen LogP contribution is -2.54. The zero-order chi connectivity index (χ0) is 23.5. The molecule has 2 saturated heterocycles. The Labute approximate surface area is 197 Å². The predicted octanol–water partition coefficient (Wildman–Crippen LogP) is 0.228. The topological polar surface area (TPSA) is 161 Å². The third-order valence-electron chi connectivity index (χ3n) is 9.31. The van der Waals surface area contributed by atoms with Crippen LogP contribution in [-0.2, 0) is 0 Å². The summed E-state index contributed by atoms with van der Waals surface area (Å²) in [5, 5.41) is 3.73. The van der Waals surface area contributed by atoms with Gasteiger partial charge in [0.2, 0.25) is 17.8 Å². The average Bonchev–Trinajstić information content (AvgIpc) is 3.06. The van der Waals surface area contributed by atoms with Gasteiger partial charge in [0.05, 0.1) is 0 Å². The quantitative estimate of drug-likeness (QED) is 0.422. The van der Waals surface area contributed by atoms with Gasteiger partial charge in [-0.05, 0) is 48.9 Å². The maximum atomic E-state index is 6.28. The van der Waals surface area contributed by atoms with Gasteiger partial charge in [0.25, 0.3) is 0 Å². The van der Waals surface area contributed by atoms with E-state index in [2.05, 4.69) is 35.9 Å². The molecular formula is C23H42N10. The summed E-state index contributed by atoms with van der Waals surface area (Å²) in [6, 6.07) is 0.367. The Bertz CT molecular complexity index is 813. The maximum Gasteiger partial charge on any atom is 0.232 e. The SMILES string of the molecule is CC1(C)C2CCC1(C)C(Nc1nc(N3CC(N)CC(N)C3)nc(N3CC(N)CC(N)C3)n1)C2. The predicted molar refractivity (Wildman–Crippen MR) is 132 cm³/mol. The molecule has 7 atom stereocenters. The van der Waals surface area contributed by atoms with Gasteiger partial charge in [0.15, 0.2) is 0 Å². The highest BCUT2D eigenvalue weighted by Crippen LogP contribution is 2.65. The number of nitrogens with two attached hydrogens (primary N) is 4. The molecule has 2 aliphatic heterocycles. The molecule has 10 nitrogen and oxygen atoms in total. The molecule has 2 saturated carbocycles. The van der Waals surface area contributed by atoms with E-state index >= 15 is 0 Å². The number of nitrogens with zero attached hydrogens (tertiary/aromatic N) is 5. The number of anilines is 3. The second-order valence-corrected chi connectivity index (χ2v) is 11.9. The summed E-state index contributed by atoms with van der Waals surface area (Å²) in [6.07, 6.45) is 5.32. The van der Waals surface area contributed by atoms with Gasteiger partial charge < -0.3 is 38.1 Å². The summed E-state index contributed by atoms with van der Waals surface area (Å²) in [4.78, 5) is 18.8. The summed E-state index contributed by atoms with van der Waals surface area (Å²) in [5.41, 5.74) is 25.6. The molecule has 0 spiro atoms. The van der Waals surface area contributed by atoms with Crippen LogP contribution in [0.5, 0.6) is 0 Å². The zero-order valence-electron chi connectivity index (χ0n) is 20.4. The first-order valence-electron chi connectivity index (χ1n) is 12.6. The molecule has 9 N–H and O–H groups in total. The van der Waals surface area contributed by atoms with Gasteiger partial charge in [0.1, 0.15) is 0 Å². The largest absolute Gasteiger partial charge is 0.351 e. The summed E-state index contributed by atoms with van der Waals surface area (Å²) in [5.74, 6) is 2.63. The normalized spacial score (nSPS) is 40.3. The van der Waals surface area contributed by atoms with E-state index in [1.165, 1.54) is 12.8 Å². The van der Waals surface area contributed by atoms with E-state index in [1.54, 1.807) is 0 Å². The number of hydrogen-bond acceptors (Lipinski definition) is 10. The van der Waals surface area contributed by atoms with Crippen LogP contribution in [0, 0.1) is 16.7 Å². The molecule has 3 heterocycles. The van der Waals surface area contributed by atoms with Gasteiger partial charge in [-0.15, -0.1) is 0 Å². The Kier molecular flexibility index (Phi) is 5.70. The Morgan fingerprint density at radius 1 is 0.758 bits per heavy atom. The third kappa shape index (κ3) is 4.05. The van der Waals surface area contributed by atoms with Crippen LogP contribution >= 0.6 is 0 Å². The molecule has 0 aromatic carbocycles. The summed E-state index contributed by atoms with van der Waals surface area (Å²) in [7, 11) is 0. The number of nitrogens with one attached hydrogen (secondary N) is 1. The smallest absolute Gasteiger partial charge is 0.232 e. The van der Waals surface area contributed by atoms with Gasteiger partial charge in [-0.2, -0.15) is 15.0 Å². The summed E-state index contributed by atoms with van der Waals surface area (Å²) in [6.45, 7) is 10.0. The van der Waals surface area contributed by atoms with Crippen molar-refractivity contribution in [1.82, 2.24) is 15.0 Å². The minimum absolute atomic E-state index is 0.00693. The number of hydrogen-bond donors (Lipinski definition) is 5. The van der Waals surface area contributed by atoms with Crippen LogP contribution in [-0.4, -0.2) is 71.3 Å². The Balaban J connectivity index is 1.47. The second-order valence-electron chi connectivity index (χ2n) is 11.9. The molecule has 184 valence electrons. The van der Waals surface area contributed by atoms with Crippen molar-refractivity contribution in [2.24, 2.45) is 39.7 Å². The Morgan fingerprint density at radius 3 is 1.64 bits per heavy atom. The molecule has 2 aliphatic carbocycles. The van der Waals surface area contributed by atoms with Crippen molar-refractivity contribution in [2.45, 2.75) is 83.1 Å². The Hall–Kier alpha value is -1.75. The minimum atomic E-state index is 0.00693. The van der Waals surface area contributed by atoms with Crippen molar-refractivity contribution in [3.05, 3.63) is 0 Å². The lowest BCUT2D eigenvalue weighted by atomic mass is 9.69. The fraction of sp³-hybridized carbons (Fsp3) is 0.870. The zero-order valence-corrected chi connectivity index (χ0v) is 20.4. The van der Waals surface area contributed by atoms with Crippen LogP contribution in [0.15, 0.2) is 0 Å². The first kappa shape index (κ1) is 23.0. The summed E-state index contributed by atoms with van der Waals surface area (Å²) < 4.78 is 0. The van der Waals surface area contributed by atoms with Crippen molar-refractivity contribution in [3.63, 3.8) is 0 Å². The van der Waals surface area contributed by atoms with E-state index in [4.69, 9.17) is 37.9 Å². The van der Waals surface area contributed by atoms with Crippen molar-refractivity contribution >= 4 is 17.8 Å². The first-order valence-corrected chi connectivity index (χ1v) is 12.6. The molecule has 0 amide bonds. The van der Waals surface area contributed by atoms with E-state index in [1.807, 2.05) is 0 Å². The highest BCUT2D eigenvalue weighted by atomic mass is 15.4. The highest BCUT2D eigenvalue weighted by molar-refractivity contribution is 5.47. The number of piperidine rings is 2. The molecule has 4 fully saturated rings. The highest BCUT2D eigenvalue weighted by Gasteiger charge is 2.61. The lowest BCUT2D eigenvalue weighted by Gasteiger charge is -2.40. The van der Waals surface area contributed by atoms with Gasteiger partial charge in [-0.1, -0.05) is 20.8 Å². The number of fused-ring (bicyclic) bond motifs is 2. The van der Waals surface area contributed by atoms with E-state index in [-0.39, 0.29) is 29.6 Å². The van der Waals surface area contributed by atoms with Crippen LogP contribution in [0.4, 0.5) is 17.8 Å². The molecule has 1 aromatic heterocycles. The van der Waals surface area contributed by atoms with Crippen LogP contribution in [0.3, 0.4) is 0 Å². The van der Waals surface area contributed by atoms with Gasteiger partial charge in [-0.25, -0.2) is 0 Å². The van der Waals surface area contributed by atoms with Crippen molar-refractivity contribution in [2.75, 3.05) is 41.3 Å². The van der Waals surface area contributed by atoms with Crippen molar-refractivity contribution in [1.29, 1.82) is 0 Å². The lowest BCUT2D eigenvalue weighted by molar-refractivity contribution is 0.142. The maximum absolute atomic E-state index is 6.28. The summed E-state index contributed by atoms with van der Waals surface area (Å²) >= 11 is 0. The van der Waals surface area contributed by atoms with E-state index in [9.17, 15) is 0 Å². The van der Waals surface area contributed by atoms with E-state index in [0.29, 0.717) is 55.5 Å². The average molecular weight is 459 g/mol. The Morgan fingerprint density at radius 2 is 1.24 bits per heavy atom. The molecule has 1 aromatic rings. The number of rotatable bonds is 4. The minimum Gasteiger partial charge on any atom is -0.351 e. The number of aromatic nitrogens is 3. The van der Waals surface area contributed by atoms with Crippen molar-refractivity contribution in [3.8, 4) is 0 Å². The first-order chi connectivity index (χ1) is 15.5. The monoisotopic (exact) mass is 458 g/mol. The third-order valence-corrected chi connectivity index (χ3v) is 9.31. The van der Waals surface area contributed by atoms with E-state index in [0.717, 1.165) is 25.2 Å². The van der Waals surface area contributed by atoms with Gasteiger partial charge >= 0.3 is 0 Å². The molecule has 10 heteroatoms. The second kappa shape index (κ2) is 8.18. The van der Waals surface area contributed by atoms with Gasteiger partial charge in [-0.3, -0.25) is 0 Å². The molecular weight excluding hydrogens is 416 g/mol. The van der Waals surface area contributed by atoms with Crippen molar-refractivity contribution < 1.29 is 0 Å². The molecule has 2 bridgehead atoms. The molecule has 0 radical (unpaired) electrons. The molecule has 7 unspecified atom stereocenters. The van der Waals surface area contributed by atoms with Crippen LogP contribution in [0.25, 0.3) is 0 Å².